The zero-order valence-corrected chi connectivity index (χ0v) is 14.4. The Labute approximate surface area is 136 Å². The van der Waals surface area contributed by atoms with Crippen molar-refractivity contribution in [3.63, 3.8) is 0 Å². The Morgan fingerprint density at radius 2 is 2.25 bits per heavy atom. The van der Waals surface area contributed by atoms with E-state index < -0.39 is 0 Å². The first-order valence-electron chi connectivity index (χ1n) is 6.96. The molecule has 1 aliphatic heterocycles. The lowest BCUT2D eigenvalue weighted by molar-refractivity contribution is 0.151. The van der Waals surface area contributed by atoms with Crippen LogP contribution in [-0.4, -0.2) is 41.1 Å². The van der Waals surface area contributed by atoms with Gasteiger partial charge in [0.15, 0.2) is 11.8 Å². The van der Waals surface area contributed by atoms with Crippen molar-refractivity contribution < 1.29 is 4.52 Å². The number of hydrogen-bond acceptors (Lipinski definition) is 4. The van der Waals surface area contributed by atoms with Gasteiger partial charge in [-0.2, -0.15) is 4.98 Å². The van der Waals surface area contributed by atoms with Gasteiger partial charge in [0.05, 0.1) is 6.54 Å². The lowest BCUT2D eigenvalue weighted by Crippen LogP contribution is -2.42. The van der Waals surface area contributed by atoms with E-state index in [2.05, 4.69) is 25.3 Å². The second-order valence-corrected chi connectivity index (χ2v) is 5.66. The number of nitrogens with zero attached hydrogens (tertiary/aromatic N) is 4. The number of aliphatic imine (C=N–C) groups is 1. The van der Waals surface area contributed by atoms with Gasteiger partial charge in [0.1, 0.15) is 0 Å². The highest BCUT2D eigenvalue weighted by Gasteiger charge is 2.43. The zero-order chi connectivity index (χ0) is 13.3. The van der Waals surface area contributed by atoms with Crippen molar-refractivity contribution in [3.05, 3.63) is 11.7 Å². The number of halogens is 1. The van der Waals surface area contributed by atoms with Crippen molar-refractivity contribution in [2.45, 2.75) is 39.2 Å². The Bertz CT molecular complexity index is 483. The molecule has 112 valence electrons. The molecule has 1 saturated heterocycles. The monoisotopic (exact) mass is 391 g/mol. The van der Waals surface area contributed by atoms with Gasteiger partial charge in [0.2, 0.25) is 5.89 Å². The van der Waals surface area contributed by atoms with E-state index in [9.17, 15) is 0 Å². The summed E-state index contributed by atoms with van der Waals surface area (Å²) >= 11 is 0. The summed E-state index contributed by atoms with van der Waals surface area (Å²) < 4.78 is 4.96. The zero-order valence-electron chi connectivity index (χ0n) is 12.1. The van der Waals surface area contributed by atoms with Crippen LogP contribution in [0.3, 0.4) is 0 Å². The van der Waals surface area contributed by atoms with Gasteiger partial charge >= 0.3 is 0 Å². The lowest BCUT2D eigenvalue weighted by atomic mass is 9.68. The van der Waals surface area contributed by atoms with Crippen LogP contribution in [-0.2, 0) is 6.54 Å². The molecule has 1 saturated carbocycles. The Hall–Kier alpha value is -0.860. The second-order valence-electron chi connectivity index (χ2n) is 5.66. The molecule has 0 radical (unpaired) electrons. The average molecular weight is 391 g/mol. The Morgan fingerprint density at radius 1 is 1.45 bits per heavy atom. The molecule has 2 fully saturated rings. The summed E-state index contributed by atoms with van der Waals surface area (Å²) in [6.45, 7) is 4.60. The molecule has 3 rings (SSSR count). The first kappa shape index (κ1) is 15.5. The van der Waals surface area contributed by atoms with Crippen LogP contribution < -0.4 is 5.32 Å². The van der Waals surface area contributed by atoms with Gasteiger partial charge in [-0.1, -0.05) is 11.6 Å². The van der Waals surface area contributed by atoms with Crippen LogP contribution in [0.25, 0.3) is 0 Å². The Kier molecular flexibility index (Phi) is 4.87. The molecule has 0 aromatic carbocycles. The topological polar surface area (TPSA) is 66.5 Å². The standard InChI is InChI=1S/C13H21N5O.HI/c1-10-16-11(17-19-10)8-15-12(14-2)18-7-6-13(9-18)4-3-5-13;/h3-9H2,1-2H3,(H,14,15);1H. The molecule has 0 unspecified atom stereocenters. The molecule has 7 heteroatoms. The maximum atomic E-state index is 4.96. The van der Waals surface area contributed by atoms with E-state index in [1.807, 2.05) is 7.05 Å². The van der Waals surface area contributed by atoms with Gasteiger partial charge in [-0.15, -0.1) is 24.0 Å². The first-order valence-corrected chi connectivity index (χ1v) is 6.96. The average Bonchev–Trinajstić information content (AvgIpc) is 2.96. The van der Waals surface area contributed by atoms with E-state index in [0.29, 0.717) is 23.7 Å². The Morgan fingerprint density at radius 3 is 2.75 bits per heavy atom. The predicted octanol–water partition coefficient (Wildman–Crippen LogP) is 1.95. The molecule has 0 bridgehead atoms. The second kappa shape index (κ2) is 6.28. The smallest absolute Gasteiger partial charge is 0.223 e. The number of hydrogen-bond donors (Lipinski definition) is 1. The van der Waals surface area contributed by atoms with E-state index in [4.69, 9.17) is 4.52 Å². The highest BCUT2D eigenvalue weighted by Crippen LogP contribution is 2.47. The van der Waals surface area contributed by atoms with E-state index in [1.54, 1.807) is 6.92 Å². The molecule has 0 amide bonds. The van der Waals surface area contributed by atoms with Gasteiger partial charge < -0.3 is 14.7 Å². The number of aryl methyl sites for hydroxylation is 1. The van der Waals surface area contributed by atoms with E-state index in [1.165, 1.54) is 25.7 Å². The molecule has 1 aromatic rings. The van der Waals surface area contributed by atoms with E-state index in [0.717, 1.165) is 19.0 Å². The maximum absolute atomic E-state index is 4.96. The van der Waals surface area contributed by atoms with Crippen LogP contribution in [0.15, 0.2) is 9.52 Å². The van der Waals surface area contributed by atoms with Gasteiger partial charge in [0.25, 0.3) is 0 Å². The fourth-order valence-corrected chi connectivity index (χ4v) is 3.10. The molecule has 6 nitrogen and oxygen atoms in total. The number of nitrogens with one attached hydrogen (secondary N) is 1. The van der Waals surface area contributed by atoms with Crippen molar-refractivity contribution in [3.8, 4) is 0 Å². The van der Waals surface area contributed by atoms with Crippen LogP contribution in [0.4, 0.5) is 0 Å². The third-order valence-corrected chi connectivity index (χ3v) is 4.34. The third kappa shape index (κ3) is 3.07. The van der Waals surface area contributed by atoms with E-state index in [-0.39, 0.29) is 24.0 Å². The summed E-state index contributed by atoms with van der Waals surface area (Å²) in [6, 6.07) is 0. The molecule has 0 atom stereocenters. The molecule has 2 aliphatic rings. The van der Waals surface area contributed by atoms with Crippen molar-refractivity contribution >= 4 is 29.9 Å². The minimum atomic E-state index is 0. The molecular formula is C13H22IN5O. The number of aromatic nitrogens is 2. The van der Waals surface area contributed by atoms with Crippen molar-refractivity contribution in [2.75, 3.05) is 20.1 Å². The van der Waals surface area contributed by atoms with Gasteiger partial charge in [0, 0.05) is 27.1 Å². The fourth-order valence-electron chi connectivity index (χ4n) is 3.10. The quantitative estimate of drug-likeness (QED) is 0.474. The predicted molar refractivity (Wildman–Crippen MR) is 87.1 cm³/mol. The van der Waals surface area contributed by atoms with Crippen molar-refractivity contribution in [1.29, 1.82) is 0 Å². The summed E-state index contributed by atoms with van der Waals surface area (Å²) in [5, 5.41) is 7.20. The normalized spacial score (nSPS) is 20.7. The molecule has 1 aromatic heterocycles. The van der Waals surface area contributed by atoms with Gasteiger partial charge in [-0.05, 0) is 24.7 Å². The Balaban J connectivity index is 0.00000147. The van der Waals surface area contributed by atoms with Crippen molar-refractivity contribution in [1.82, 2.24) is 20.4 Å². The van der Waals surface area contributed by atoms with Gasteiger partial charge in [-0.3, -0.25) is 4.99 Å². The molecule has 1 spiro atoms. The maximum Gasteiger partial charge on any atom is 0.223 e. The fraction of sp³-hybridized carbons (Fsp3) is 0.769. The van der Waals surface area contributed by atoms with Crippen LogP contribution >= 0.6 is 24.0 Å². The van der Waals surface area contributed by atoms with E-state index >= 15 is 0 Å². The minimum Gasteiger partial charge on any atom is -0.349 e. The summed E-state index contributed by atoms with van der Waals surface area (Å²) in [4.78, 5) is 10.9. The lowest BCUT2D eigenvalue weighted by Gasteiger charge is -2.38. The first-order chi connectivity index (χ1) is 9.21. The van der Waals surface area contributed by atoms with Crippen LogP contribution in [0.2, 0.25) is 0 Å². The number of guanidine groups is 1. The van der Waals surface area contributed by atoms with Crippen LogP contribution in [0, 0.1) is 12.3 Å². The highest BCUT2D eigenvalue weighted by atomic mass is 127. The number of rotatable bonds is 2. The highest BCUT2D eigenvalue weighted by molar-refractivity contribution is 14.0. The summed E-state index contributed by atoms with van der Waals surface area (Å²) in [6.07, 6.45) is 5.45. The van der Waals surface area contributed by atoms with Gasteiger partial charge in [-0.25, -0.2) is 0 Å². The molecule has 1 N–H and O–H groups in total. The molecular weight excluding hydrogens is 369 g/mol. The molecule has 20 heavy (non-hydrogen) atoms. The van der Waals surface area contributed by atoms with Crippen LogP contribution in [0.1, 0.15) is 37.4 Å². The molecule has 2 heterocycles. The largest absolute Gasteiger partial charge is 0.349 e. The molecule has 1 aliphatic carbocycles. The van der Waals surface area contributed by atoms with Crippen LogP contribution in [0.5, 0.6) is 0 Å². The summed E-state index contributed by atoms with van der Waals surface area (Å²) in [5.74, 6) is 2.23. The minimum absolute atomic E-state index is 0. The third-order valence-electron chi connectivity index (χ3n) is 4.34. The van der Waals surface area contributed by atoms with Crippen molar-refractivity contribution in [2.24, 2.45) is 10.4 Å². The number of likely N-dealkylation sites (tertiary alicyclic amines) is 1. The summed E-state index contributed by atoms with van der Waals surface area (Å²) in [7, 11) is 1.83. The summed E-state index contributed by atoms with van der Waals surface area (Å²) in [5.41, 5.74) is 0.584. The SMILES string of the molecule is CN=C(NCc1noc(C)n1)N1CCC2(CCC2)C1.I.